The Morgan fingerprint density at radius 2 is 2.21 bits per heavy atom. The first-order valence-electron chi connectivity index (χ1n) is 6.13. The van der Waals surface area contributed by atoms with Crippen molar-refractivity contribution in [1.29, 1.82) is 0 Å². The number of hydrogen-bond donors (Lipinski definition) is 2. The van der Waals surface area contributed by atoms with E-state index in [1.807, 2.05) is 13.1 Å². The zero-order valence-corrected chi connectivity index (χ0v) is 11.1. The third kappa shape index (κ3) is 3.34. The van der Waals surface area contributed by atoms with Crippen LogP contribution in [0.4, 0.5) is 0 Å². The number of aryl methyl sites for hydroxylation is 2. The van der Waals surface area contributed by atoms with E-state index in [1.165, 1.54) is 6.07 Å². The van der Waals surface area contributed by atoms with E-state index in [9.17, 15) is 9.90 Å². The standard InChI is InChI=1S/C14H17N3O2/c1-10-8-16-17(9-10)6-5-15-14(19)12-4-3-11(2)13(18)7-12/h3-4,7-9,18H,5-6H2,1-2H3,(H,15,19). The molecule has 0 saturated carbocycles. The molecule has 2 N–H and O–H groups in total. The van der Waals surface area contributed by atoms with Crippen LogP contribution in [0.25, 0.3) is 0 Å². The fraction of sp³-hybridized carbons (Fsp3) is 0.286. The van der Waals surface area contributed by atoms with Crippen molar-refractivity contribution in [2.24, 2.45) is 0 Å². The van der Waals surface area contributed by atoms with Gasteiger partial charge >= 0.3 is 0 Å². The van der Waals surface area contributed by atoms with Crippen molar-refractivity contribution in [3.63, 3.8) is 0 Å². The maximum absolute atomic E-state index is 11.9. The summed E-state index contributed by atoms with van der Waals surface area (Å²) in [5.74, 6) is -0.0606. The number of nitrogens with one attached hydrogen (secondary N) is 1. The molecule has 1 aromatic carbocycles. The molecule has 19 heavy (non-hydrogen) atoms. The first-order valence-corrected chi connectivity index (χ1v) is 6.13. The summed E-state index contributed by atoms with van der Waals surface area (Å²) >= 11 is 0. The van der Waals surface area contributed by atoms with Crippen molar-refractivity contribution in [3.8, 4) is 5.75 Å². The Morgan fingerprint density at radius 3 is 2.84 bits per heavy atom. The normalized spacial score (nSPS) is 10.4. The van der Waals surface area contributed by atoms with Crippen LogP contribution in [0.1, 0.15) is 21.5 Å². The fourth-order valence-corrected chi connectivity index (χ4v) is 1.73. The molecule has 0 bridgehead atoms. The van der Waals surface area contributed by atoms with Gasteiger partial charge in [0.25, 0.3) is 5.91 Å². The summed E-state index contributed by atoms with van der Waals surface area (Å²) in [5.41, 5.74) is 2.30. The quantitative estimate of drug-likeness (QED) is 0.877. The number of carbonyl (C=O) groups excluding carboxylic acids is 1. The van der Waals surface area contributed by atoms with Crippen molar-refractivity contribution in [1.82, 2.24) is 15.1 Å². The lowest BCUT2D eigenvalue weighted by atomic mass is 10.1. The second-order valence-corrected chi connectivity index (χ2v) is 4.54. The van der Waals surface area contributed by atoms with Crippen LogP contribution < -0.4 is 5.32 Å². The molecule has 0 aliphatic rings. The van der Waals surface area contributed by atoms with Crippen molar-refractivity contribution < 1.29 is 9.90 Å². The van der Waals surface area contributed by atoms with Gasteiger partial charge in [-0.2, -0.15) is 5.10 Å². The number of hydrogen-bond acceptors (Lipinski definition) is 3. The lowest BCUT2D eigenvalue weighted by Gasteiger charge is -2.06. The Labute approximate surface area is 111 Å². The van der Waals surface area contributed by atoms with E-state index in [0.717, 1.165) is 11.1 Å². The van der Waals surface area contributed by atoms with Gasteiger partial charge in [-0.15, -0.1) is 0 Å². The van der Waals surface area contributed by atoms with Gasteiger partial charge in [0, 0.05) is 18.3 Å². The summed E-state index contributed by atoms with van der Waals surface area (Å²) in [7, 11) is 0. The minimum atomic E-state index is -0.195. The minimum Gasteiger partial charge on any atom is -0.508 e. The number of carbonyl (C=O) groups is 1. The molecular formula is C14H17N3O2. The molecule has 0 saturated heterocycles. The minimum absolute atomic E-state index is 0.135. The van der Waals surface area contributed by atoms with Gasteiger partial charge in [-0.25, -0.2) is 0 Å². The van der Waals surface area contributed by atoms with Gasteiger partial charge in [0.2, 0.25) is 0 Å². The number of aromatic hydroxyl groups is 1. The monoisotopic (exact) mass is 259 g/mol. The number of phenolic OH excluding ortho intramolecular Hbond substituents is 1. The average molecular weight is 259 g/mol. The van der Waals surface area contributed by atoms with Crippen LogP contribution in [0, 0.1) is 13.8 Å². The lowest BCUT2D eigenvalue weighted by molar-refractivity contribution is 0.0951. The highest BCUT2D eigenvalue weighted by Crippen LogP contribution is 2.17. The maximum atomic E-state index is 11.9. The lowest BCUT2D eigenvalue weighted by Crippen LogP contribution is -2.27. The first-order chi connectivity index (χ1) is 9.06. The van der Waals surface area contributed by atoms with E-state index >= 15 is 0 Å². The Balaban J connectivity index is 1.89. The number of aromatic nitrogens is 2. The van der Waals surface area contributed by atoms with Crippen LogP contribution in [0.5, 0.6) is 5.75 Å². The maximum Gasteiger partial charge on any atom is 0.251 e. The van der Waals surface area contributed by atoms with Gasteiger partial charge in [0.1, 0.15) is 5.75 Å². The van der Waals surface area contributed by atoms with Crippen LogP contribution in [0.2, 0.25) is 0 Å². The van der Waals surface area contributed by atoms with Gasteiger partial charge in [-0.05, 0) is 37.1 Å². The van der Waals surface area contributed by atoms with Gasteiger partial charge in [-0.1, -0.05) is 6.07 Å². The molecule has 0 fully saturated rings. The zero-order chi connectivity index (χ0) is 13.8. The van der Waals surface area contributed by atoms with Crippen molar-refractivity contribution in [2.75, 3.05) is 6.54 Å². The molecule has 5 heteroatoms. The molecule has 0 aliphatic heterocycles. The number of rotatable bonds is 4. The summed E-state index contributed by atoms with van der Waals surface area (Å²) in [5, 5.41) is 16.5. The summed E-state index contributed by atoms with van der Waals surface area (Å²) in [6.07, 6.45) is 3.70. The predicted octanol–water partition coefficient (Wildman–Crippen LogP) is 1.64. The Hall–Kier alpha value is -2.30. The highest BCUT2D eigenvalue weighted by molar-refractivity contribution is 5.94. The number of nitrogens with zero attached hydrogens (tertiary/aromatic N) is 2. The molecule has 2 rings (SSSR count). The van der Waals surface area contributed by atoms with E-state index in [4.69, 9.17) is 0 Å². The topological polar surface area (TPSA) is 67.2 Å². The van der Waals surface area contributed by atoms with E-state index < -0.39 is 0 Å². The molecule has 1 aromatic heterocycles. The van der Waals surface area contributed by atoms with Gasteiger partial charge in [0.15, 0.2) is 0 Å². The molecule has 0 atom stereocenters. The molecule has 100 valence electrons. The summed E-state index contributed by atoms with van der Waals surface area (Å²) in [6, 6.07) is 4.90. The largest absolute Gasteiger partial charge is 0.508 e. The zero-order valence-electron chi connectivity index (χ0n) is 11.1. The third-order valence-electron chi connectivity index (χ3n) is 2.86. The molecule has 0 aliphatic carbocycles. The van der Waals surface area contributed by atoms with E-state index in [1.54, 1.807) is 29.9 Å². The smallest absolute Gasteiger partial charge is 0.251 e. The van der Waals surface area contributed by atoms with Crippen LogP contribution in [-0.4, -0.2) is 27.3 Å². The SMILES string of the molecule is Cc1cnn(CCNC(=O)c2ccc(C)c(O)c2)c1. The molecule has 2 aromatic rings. The van der Waals surface area contributed by atoms with Gasteiger partial charge < -0.3 is 10.4 Å². The van der Waals surface area contributed by atoms with Crippen LogP contribution >= 0.6 is 0 Å². The second-order valence-electron chi connectivity index (χ2n) is 4.54. The number of phenols is 1. The highest BCUT2D eigenvalue weighted by Gasteiger charge is 2.07. The fourth-order valence-electron chi connectivity index (χ4n) is 1.73. The van der Waals surface area contributed by atoms with E-state index in [0.29, 0.717) is 18.7 Å². The molecule has 5 nitrogen and oxygen atoms in total. The molecule has 1 amide bonds. The Kier molecular flexibility index (Phi) is 3.85. The van der Waals surface area contributed by atoms with Crippen molar-refractivity contribution in [3.05, 3.63) is 47.3 Å². The van der Waals surface area contributed by atoms with E-state index in [-0.39, 0.29) is 11.7 Å². The summed E-state index contributed by atoms with van der Waals surface area (Å²) < 4.78 is 1.78. The highest BCUT2D eigenvalue weighted by atomic mass is 16.3. The molecule has 1 heterocycles. The van der Waals surface area contributed by atoms with Gasteiger partial charge in [0.05, 0.1) is 12.7 Å². The van der Waals surface area contributed by atoms with Gasteiger partial charge in [-0.3, -0.25) is 9.48 Å². The number of amides is 1. The first kappa shape index (κ1) is 13.1. The van der Waals surface area contributed by atoms with Crippen LogP contribution in [-0.2, 0) is 6.54 Å². The molecule has 0 spiro atoms. The second kappa shape index (κ2) is 5.56. The van der Waals surface area contributed by atoms with E-state index in [2.05, 4.69) is 10.4 Å². The molecule has 0 radical (unpaired) electrons. The van der Waals surface area contributed by atoms with Crippen LogP contribution in [0.3, 0.4) is 0 Å². The third-order valence-corrected chi connectivity index (χ3v) is 2.86. The Morgan fingerprint density at radius 1 is 1.42 bits per heavy atom. The molecule has 0 unspecified atom stereocenters. The summed E-state index contributed by atoms with van der Waals surface area (Å²) in [4.78, 5) is 11.9. The van der Waals surface area contributed by atoms with Crippen molar-refractivity contribution in [2.45, 2.75) is 20.4 Å². The van der Waals surface area contributed by atoms with Crippen molar-refractivity contribution >= 4 is 5.91 Å². The number of benzene rings is 1. The Bertz CT molecular complexity index is 590. The average Bonchev–Trinajstić information content (AvgIpc) is 2.78. The summed E-state index contributed by atoms with van der Waals surface area (Å²) in [6.45, 7) is 4.88. The predicted molar refractivity (Wildman–Crippen MR) is 72.1 cm³/mol. The molecular weight excluding hydrogens is 242 g/mol. The van der Waals surface area contributed by atoms with Crippen LogP contribution in [0.15, 0.2) is 30.6 Å².